The second kappa shape index (κ2) is 6.83. The summed E-state index contributed by atoms with van der Waals surface area (Å²) < 4.78 is 0. The lowest BCUT2D eigenvalue weighted by Crippen LogP contribution is -2.22. The van der Waals surface area contributed by atoms with Gasteiger partial charge in [-0.15, -0.1) is 0 Å². The first-order valence-corrected chi connectivity index (χ1v) is 5.59. The highest BCUT2D eigenvalue weighted by Gasteiger charge is 2.04. The van der Waals surface area contributed by atoms with Crippen molar-refractivity contribution in [3.63, 3.8) is 0 Å². The molecule has 0 saturated carbocycles. The van der Waals surface area contributed by atoms with Crippen LogP contribution in [0, 0.1) is 0 Å². The largest absolute Gasteiger partial charge is 0.326 e. The molecule has 0 spiro atoms. The molecular formula is C13H19N3O. The molecular weight excluding hydrogens is 214 g/mol. The van der Waals surface area contributed by atoms with Gasteiger partial charge in [0.1, 0.15) is 0 Å². The smallest absolute Gasteiger partial charge is 0.221 e. The summed E-state index contributed by atoms with van der Waals surface area (Å²) in [4.78, 5) is 11.1. The number of rotatable bonds is 5. The Kier molecular flexibility index (Phi) is 5.39. The van der Waals surface area contributed by atoms with Crippen LogP contribution in [0.15, 0.2) is 30.3 Å². The summed E-state index contributed by atoms with van der Waals surface area (Å²) in [6.07, 6.45) is 2.05. The summed E-state index contributed by atoms with van der Waals surface area (Å²) in [5, 5.41) is 5.84. The van der Waals surface area contributed by atoms with Crippen molar-refractivity contribution < 1.29 is 4.79 Å². The molecule has 92 valence electrons. The molecule has 1 amide bonds. The predicted octanol–water partition coefficient (Wildman–Crippen LogP) is 1.55. The van der Waals surface area contributed by atoms with Crippen molar-refractivity contribution >= 4 is 17.2 Å². The second-order valence-corrected chi connectivity index (χ2v) is 3.77. The summed E-state index contributed by atoms with van der Waals surface area (Å²) >= 11 is 0. The zero-order chi connectivity index (χ0) is 12.7. The number of carbonyl (C=O) groups excluding carboxylic acids is 1. The number of hydrogen-bond acceptors (Lipinski definition) is 3. The van der Waals surface area contributed by atoms with E-state index < -0.39 is 0 Å². The highest BCUT2D eigenvalue weighted by atomic mass is 16.1. The quantitative estimate of drug-likeness (QED) is 0.534. The Hall–Kier alpha value is -1.65. The Morgan fingerprint density at radius 2 is 2.06 bits per heavy atom. The van der Waals surface area contributed by atoms with Gasteiger partial charge in [0.2, 0.25) is 5.91 Å². The van der Waals surface area contributed by atoms with E-state index in [1.807, 2.05) is 37.3 Å². The molecule has 0 unspecified atom stereocenters. The maximum atomic E-state index is 11.1. The van der Waals surface area contributed by atoms with Gasteiger partial charge in [-0.3, -0.25) is 4.79 Å². The molecule has 0 aromatic heterocycles. The monoisotopic (exact) mass is 233 g/mol. The van der Waals surface area contributed by atoms with E-state index in [1.54, 1.807) is 0 Å². The maximum Gasteiger partial charge on any atom is 0.221 e. The Bertz CT molecular complexity index is 413. The van der Waals surface area contributed by atoms with Crippen LogP contribution in [0.5, 0.6) is 0 Å². The Balaban J connectivity index is 2.88. The molecule has 0 saturated heterocycles. The van der Waals surface area contributed by atoms with E-state index in [2.05, 4.69) is 10.6 Å². The van der Waals surface area contributed by atoms with E-state index in [-0.39, 0.29) is 5.91 Å². The third kappa shape index (κ3) is 4.38. The second-order valence-electron chi connectivity index (χ2n) is 3.77. The zero-order valence-electron chi connectivity index (χ0n) is 10.3. The highest BCUT2D eigenvalue weighted by Crippen LogP contribution is 2.22. The molecule has 4 nitrogen and oxygen atoms in total. The van der Waals surface area contributed by atoms with Crippen molar-refractivity contribution in [3.05, 3.63) is 35.9 Å². The molecule has 0 bridgehead atoms. The number of anilines is 1. The molecule has 1 aromatic carbocycles. The molecule has 0 atom stereocenters. The van der Waals surface area contributed by atoms with Crippen molar-refractivity contribution in [2.75, 3.05) is 18.5 Å². The van der Waals surface area contributed by atoms with E-state index >= 15 is 0 Å². The number of hydrogen-bond donors (Lipinski definition) is 3. The van der Waals surface area contributed by atoms with Crippen LogP contribution in [0.3, 0.4) is 0 Å². The van der Waals surface area contributed by atoms with E-state index in [9.17, 15) is 4.79 Å². The Morgan fingerprint density at radius 3 is 2.71 bits per heavy atom. The molecule has 0 heterocycles. The lowest BCUT2D eigenvalue weighted by Gasteiger charge is -2.10. The number of carbonyl (C=O) groups is 1. The number of amides is 1. The lowest BCUT2D eigenvalue weighted by molar-refractivity contribution is -0.114. The molecule has 1 rings (SSSR count). The maximum absolute atomic E-state index is 11.1. The number of benzene rings is 1. The van der Waals surface area contributed by atoms with Crippen LogP contribution in [-0.4, -0.2) is 19.1 Å². The molecule has 0 aliphatic carbocycles. The third-order valence-electron chi connectivity index (χ3n) is 2.36. The Labute approximate surface area is 102 Å². The minimum atomic E-state index is -0.0645. The summed E-state index contributed by atoms with van der Waals surface area (Å²) in [7, 11) is 0. The fourth-order valence-corrected chi connectivity index (χ4v) is 1.54. The zero-order valence-corrected chi connectivity index (χ0v) is 10.3. The first-order valence-electron chi connectivity index (χ1n) is 5.59. The van der Waals surface area contributed by atoms with E-state index in [4.69, 9.17) is 5.73 Å². The summed E-state index contributed by atoms with van der Waals surface area (Å²) in [6.45, 7) is 4.69. The van der Waals surface area contributed by atoms with Crippen molar-refractivity contribution in [1.82, 2.24) is 5.32 Å². The van der Waals surface area contributed by atoms with Gasteiger partial charge in [0.25, 0.3) is 0 Å². The Morgan fingerprint density at radius 1 is 1.35 bits per heavy atom. The molecule has 0 aliphatic rings. The van der Waals surface area contributed by atoms with Gasteiger partial charge in [-0.25, -0.2) is 0 Å². The number of nitrogens with two attached hydrogens (primary N) is 1. The van der Waals surface area contributed by atoms with Crippen LogP contribution < -0.4 is 16.4 Å². The van der Waals surface area contributed by atoms with Crippen molar-refractivity contribution in [2.45, 2.75) is 13.8 Å². The molecule has 0 radical (unpaired) electrons. The van der Waals surface area contributed by atoms with Gasteiger partial charge in [0.05, 0.1) is 0 Å². The summed E-state index contributed by atoms with van der Waals surface area (Å²) in [5.41, 5.74) is 8.32. The van der Waals surface area contributed by atoms with E-state index in [0.29, 0.717) is 6.67 Å². The third-order valence-corrected chi connectivity index (χ3v) is 2.36. The first kappa shape index (κ1) is 13.4. The highest BCUT2D eigenvalue weighted by molar-refractivity contribution is 5.92. The van der Waals surface area contributed by atoms with E-state index in [1.165, 1.54) is 6.92 Å². The minimum absolute atomic E-state index is 0.0645. The van der Waals surface area contributed by atoms with Crippen LogP contribution >= 0.6 is 0 Å². The van der Waals surface area contributed by atoms with Crippen LogP contribution in [0.4, 0.5) is 5.69 Å². The van der Waals surface area contributed by atoms with Crippen LogP contribution in [0.2, 0.25) is 0 Å². The van der Waals surface area contributed by atoms with Gasteiger partial charge in [0, 0.05) is 31.4 Å². The number of nitrogens with one attached hydrogen (secondary N) is 2. The lowest BCUT2D eigenvalue weighted by atomic mass is 10.0. The number of allylic oxidation sites excluding steroid dienone is 1. The molecule has 4 N–H and O–H groups in total. The topological polar surface area (TPSA) is 67.2 Å². The van der Waals surface area contributed by atoms with Gasteiger partial charge >= 0.3 is 0 Å². The van der Waals surface area contributed by atoms with Gasteiger partial charge in [-0.1, -0.05) is 24.3 Å². The average molecular weight is 233 g/mol. The van der Waals surface area contributed by atoms with Gasteiger partial charge in [-0.2, -0.15) is 0 Å². The first-order chi connectivity index (χ1) is 8.15. The predicted molar refractivity (Wildman–Crippen MR) is 71.5 cm³/mol. The van der Waals surface area contributed by atoms with Crippen LogP contribution in [0.25, 0.3) is 5.57 Å². The van der Waals surface area contributed by atoms with Gasteiger partial charge in [-0.05, 0) is 18.6 Å². The van der Waals surface area contributed by atoms with E-state index in [0.717, 1.165) is 23.4 Å². The van der Waals surface area contributed by atoms with Crippen molar-refractivity contribution in [1.29, 1.82) is 0 Å². The fourth-order valence-electron chi connectivity index (χ4n) is 1.54. The van der Waals surface area contributed by atoms with Crippen LogP contribution in [0.1, 0.15) is 19.4 Å². The van der Waals surface area contributed by atoms with Crippen molar-refractivity contribution in [3.8, 4) is 0 Å². The SMILES string of the molecule is CC(=O)Nc1ccccc1/C(C)=C/CNCN. The molecule has 0 aliphatic heterocycles. The van der Waals surface area contributed by atoms with Crippen LogP contribution in [-0.2, 0) is 4.79 Å². The molecule has 1 aromatic rings. The number of para-hydroxylation sites is 1. The average Bonchev–Trinajstić information content (AvgIpc) is 2.29. The normalized spacial score (nSPS) is 11.4. The molecule has 0 fully saturated rings. The summed E-state index contributed by atoms with van der Waals surface area (Å²) in [5.74, 6) is -0.0645. The molecule has 17 heavy (non-hydrogen) atoms. The molecule has 4 heteroatoms. The summed E-state index contributed by atoms with van der Waals surface area (Å²) in [6, 6.07) is 7.73. The van der Waals surface area contributed by atoms with Crippen molar-refractivity contribution in [2.24, 2.45) is 5.73 Å². The van der Waals surface area contributed by atoms with Gasteiger partial charge < -0.3 is 16.4 Å². The van der Waals surface area contributed by atoms with Gasteiger partial charge in [0.15, 0.2) is 0 Å². The standard InChI is InChI=1S/C13H19N3O/c1-10(7-8-15-9-14)12-5-3-4-6-13(12)16-11(2)17/h3-7,15H,8-9,14H2,1-2H3,(H,16,17)/b10-7+. The minimum Gasteiger partial charge on any atom is -0.326 e. The fraction of sp³-hybridized carbons (Fsp3) is 0.308.